The number of aliphatic imine (C=N–C) groups is 1. The Balaban J connectivity index is 0.00000264. The Hall–Kier alpha value is -0.180. The molecule has 1 heterocycles. The van der Waals surface area contributed by atoms with Gasteiger partial charge in [-0.25, -0.2) is 4.99 Å². The van der Waals surface area contributed by atoms with E-state index in [0.717, 1.165) is 31.9 Å². The number of thioether (sulfide) groups is 1. The van der Waals surface area contributed by atoms with E-state index in [1.165, 1.54) is 37.9 Å². The standard InChI is InChI=1S/C16H30N4OS.HI/c1-2-17-16(18-11-14-9-6-10-22-14)19-12-15(21)20-13-7-4-3-5-8-13;/h13-14H,2-12H2,1H3,(H,20,21)(H2,17,18,19);1H. The summed E-state index contributed by atoms with van der Waals surface area (Å²) < 4.78 is 0. The summed E-state index contributed by atoms with van der Waals surface area (Å²) in [5, 5.41) is 10.4. The molecule has 134 valence electrons. The fourth-order valence-electron chi connectivity index (χ4n) is 3.03. The van der Waals surface area contributed by atoms with Crippen molar-refractivity contribution in [3.8, 4) is 0 Å². The van der Waals surface area contributed by atoms with Gasteiger partial charge in [-0.3, -0.25) is 4.79 Å². The normalized spacial score (nSPS) is 22.3. The van der Waals surface area contributed by atoms with Gasteiger partial charge < -0.3 is 16.0 Å². The molecular formula is C16H31IN4OS. The van der Waals surface area contributed by atoms with E-state index in [1.54, 1.807) is 0 Å². The summed E-state index contributed by atoms with van der Waals surface area (Å²) in [6.07, 6.45) is 8.60. The zero-order valence-electron chi connectivity index (χ0n) is 14.1. The Morgan fingerprint density at radius 2 is 1.91 bits per heavy atom. The van der Waals surface area contributed by atoms with Crippen LogP contribution in [0.4, 0.5) is 0 Å². The Morgan fingerprint density at radius 3 is 2.57 bits per heavy atom. The third-order valence-corrected chi connectivity index (χ3v) is 5.61. The van der Waals surface area contributed by atoms with Gasteiger partial charge in [0, 0.05) is 24.4 Å². The summed E-state index contributed by atoms with van der Waals surface area (Å²) in [7, 11) is 0. The molecule has 1 saturated heterocycles. The van der Waals surface area contributed by atoms with Crippen molar-refractivity contribution in [2.45, 2.75) is 63.2 Å². The maximum atomic E-state index is 12.0. The minimum Gasteiger partial charge on any atom is -0.357 e. The highest BCUT2D eigenvalue weighted by Gasteiger charge is 2.17. The molecule has 1 saturated carbocycles. The summed E-state index contributed by atoms with van der Waals surface area (Å²) in [6.45, 7) is 4.00. The fourth-order valence-corrected chi connectivity index (χ4v) is 4.23. The number of rotatable bonds is 6. The first-order valence-electron chi connectivity index (χ1n) is 8.71. The second-order valence-electron chi connectivity index (χ2n) is 6.11. The molecule has 0 bridgehead atoms. The monoisotopic (exact) mass is 454 g/mol. The summed E-state index contributed by atoms with van der Waals surface area (Å²) >= 11 is 2.03. The lowest BCUT2D eigenvalue weighted by Gasteiger charge is -2.22. The van der Waals surface area contributed by atoms with Gasteiger partial charge in [-0.1, -0.05) is 19.3 Å². The second-order valence-corrected chi connectivity index (χ2v) is 7.52. The van der Waals surface area contributed by atoms with Crippen LogP contribution in [0.1, 0.15) is 51.9 Å². The quantitative estimate of drug-likeness (QED) is 0.328. The van der Waals surface area contributed by atoms with Crippen LogP contribution >= 0.6 is 35.7 Å². The first kappa shape index (κ1) is 20.9. The highest BCUT2D eigenvalue weighted by atomic mass is 127. The van der Waals surface area contributed by atoms with Gasteiger partial charge in [0.1, 0.15) is 6.54 Å². The van der Waals surface area contributed by atoms with Crippen LogP contribution in [0.25, 0.3) is 0 Å². The Bertz CT molecular complexity index is 369. The van der Waals surface area contributed by atoms with Crippen molar-refractivity contribution in [3.63, 3.8) is 0 Å². The fraction of sp³-hybridized carbons (Fsp3) is 0.875. The molecule has 2 rings (SSSR count). The number of guanidine groups is 1. The molecule has 0 spiro atoms. The lowest BCUT2D eigenvalue weighted by molar-refractivity contribution is -0.120. The summed E-state index contributed by atoms with van der Waals surface area (Å²) in [4.78, 5) is 16.4. The molecule has 0 aromatic heterocycles. The van der Waals surface area contributed by atoms with Gasteiger partial charge in [-0.2, -0.15) is 11.8 Å². The highest BCUT2D eigenvalue weighted by molar-refractivity contribution is 14.0. The molecule has 1 amide bonds. The lowest BCUT2D eigenvalue weighted by atomic mass is 9.95. The van der Waals surface area contributed by atoms with E-state index in [2.05, 4.69) is 20.9 Å². The van der Waals surface area contributed by atoms with Gasteiger partial charge in [0.2, 0.25) is 5.91 Å². The van der Waals surface area contributed by atoms with E-state index in [0.29, 0.717) is 11.3 Å². The molecule has 1 unspecified atom stereocenters. The van der Waals surface area contributed by atoms with Crippen molar-refractivity contribution < 1.29 is 4.79 Å². The smallest absolute Gasteiger partial charge is 0.242 e. The molecule has 7 heteroatoms. The SMILES string of the molecule is CCNC(=NCC(=O)NC1CCCCC1)NCC1CCCS1.I. The minimum absolute atomic E-state index is 0. The summed E-state index contributed by atoms with van der Waals surface area (Å²) in [5.41, 5.74) is 0. The second kappa shape index (κ2) is 12.2. The van der Waals surface area contributed by atoms with Gasteiger partial charge in [0.05, 0.1) is 0 Å². The molecule has 0 aromatic rings. The van der Waals surface area contributed by atoms with Crippen LogP contribution in [0.3, 0.4) is 0 Å². The van der Waals surface area contributed by atoms with Crippen molar-refractivity contribution >= 4 is 47.6 Å². The van der Waals surface area contributed by atoms with Gasteiger partial charge in [0.15, 0.2) is 5.96 Å². The van der Waals surface area contributed by atoms with E-state index >= 15 is 0 Å². The molecule has 1 aliphatic heterocycles. The first-order valence-corrected chi connectivity index (χ1v) is 9.76. The third kappa shape index (κ3) is 8.47. The maximum Gasteiger partial charge on any atom is 0.242 e. The number of carbonyl (C=O) groups is 1. The van der Waals surface area contributed by atoms with Gasteiger partial charge >= 0.3 is 0 Å². The van der Waals surface area contributed by atoms with Crippen molar-refractivity contribution in [2.24, 2.45) is 4.99 Å². The first-order chi connectivity index (χ1) is 10.8. The van der Waals surface area contributed by atoms with Gasteiger partial charge in [-0.15, -0.1) is 24.0 Å². The molecule has 2 fully saturated rings. The molecule has 3 N–H and O–H groups in total. The molecule has 2 aliphatic rings. The number of carbonyl (C=O) groups excluding carboxylic acids is 1. The average Bonchev–Trinajstić information content (AvgIpc) is 3.04. The predicted octanol–water partition coefficient (Wildman–Crippen LogP) is 2.50. The van der Waals surface area contributed by atoms with Gasteiger partial charge in [0.25, 0.3) is 0 Å². The van der Waals surface area contributed by atoms with Crippen molar-refractivity contribution in [3.05, 3.63) is 0 Å². The van der Waals surface area contributed by atoms with Crippen LogP contribution in [0.5, 0.6) is 0 Å². The van der Waals surface area contributed by atoms with Crippen molar-refractivity contribution in [1.29, 1.82) is 0 Å². The number of hydrogen-bond acceptors (Lipinski definition) is 3. The largest absolute Gasteiger partial charge is 0.357 e. The van der Waals surface area contributed by atoms with Crippen molar-refractivity contribution in [2.75, 3.05) is 25.4 Å². The number of nitrogens with one attached hydrogen (secondary N) is 3. The molecule has 0 radical (unpaired) electrons. The topological polar surface area (TPSA) is 65.5 Å². The van der Waals surface area contributed by atoms with Crippen LogP contribution in [0, 0.1) is 0 Å². The highest BCUT2D eigenvalue weighted by Crippen LogP contribution is 2.25. The van der Waals surface area contributed by atoms with Crippen LogP contribution < -0.4 is 16.0 Å². The van der Waals surface area contributed by atoms with Crippen LogP contribution in [0.2, 0.25) is 0 Å². The van der Waals surface area contributed by atoms with Gasteiger partial charge in [-0.05, 0) is 38.4 Å². The zero-order valence-corrected chi connectivity index (χ0v) is 17.3. The maximum absolute atomic E-state index is 12.0. The molecule has 5 nitrogen and oxygen atoms in total. The predicted molar refractivity (Wildman–Crippen MR) is 110 cm³/mol. The van der Waals surface area contributed by atoms with Crippen LogP contribution in [-0.4, -0.2) is 48.5 Å². The molecule has 0 aromatic carbocycles. The van der Waals surface area contributed by atoms with E-state index in [-0.39, 0.29) is 36.4 Å². The lowest BCUT2D eigenvalue weighted by Crippen LogP contribution is -2.42. The number of hydrogen-bond donors (Lipinski definition) is 3. The summed E-state index contributed by atoms with van der Waals surface area (Å²) in [5.74, 6) is 2.07. The van der Waals surface area contributed by atoms with E-state index in [4.69, 9.17) is 0 Å². The van der Waals surface area contributed by atoms with E-state index in [1.807, 2.05) is 18.7 Å². The van der Waals surface area contributed by atoms with Crippen molar-refractivity contribution in [1.82, 2.24) is 16.0 Å². The zero-order chi connectivity index (χ0) is 15.6. The molecule has 23 heavy (non-hydrogen) atoms. The Morgan fingerprint density at radius 1 is 1.13 bits per heavy atom. The van der Waals surface area contributed by atoms with Crippen LogP contribution in [-0.2, 0) is 4.79 Å². The Labute approximate surface area is 161 Å². The molecule has 1 atom stereocenters. The third-order valence-electron chi connectivity index (χ3n) is 4.22. The van der Waals surface area contributed by atoms with Crippen LogP contribution in [0.15, 0.2) is 4.99 Å². The number of halogens is 1. The van der Waals surface area contributed by atoms with E-state index < -0.39 is 0 Å². The van der Waals surface area contributed by atoms with E-state index in [9.17, 15) is 4.79 Å². The minimum atomic E-state index is 0. The number of nitrogens with zero attached hydrogens (tertiary/aromatic N) is 1. The molecular weight excluding hydrogens is 423 g/mol. The summed E-state index contributed by atoms with van der Waals surface area (Å²) in [6, 6.07) is 0.363. The number of amides is 1. The molecule has 1 aliphatic carbocycles. The Kier molecular flexibility index (Phi) is 11.1. The average molecular weight is 454 g/mol.